The first kappa shape index (κ1) is 9.53. The fraction of sp³-hybridized carbons (Fsp3) is 1.00. The van der Waals surface area contributed by atoms with Gasteiger partial charge in [0, 0.05) is 60.0 Å². The minimum absolute atomic E-state index is 0. The zero-order valence-corrected chi connectivity index (χ0v) is 10.0. The molecule has 2 heteroatoms. The second-order valence-electron chi connectivity index (χ2n) is 2.71. The van der Waals surface area contributed by atoms with Gasteiger partial charge >= 0.3 is 0 Å². The third-order valence-electron chi connectivity index (χ3n) is 0.730. The van der Waals surface area contributed by atoms with E-state index in [4.69, 9.17) is 1.37 Å². The number of hydrogen-bond donors (Lipinski definition) is 0. The molecule has 0 nitrogen and oxygen atoms in total. The van der Waals surface area contributed by atoms with Gasteiger partial charge in [0.1, 0.15) is 0 Å². The van der Waals surface area contributed by atoms with Crippen LogP contribution in [0.1, 0.15) is 14.7 Å². The van der Waals surface area contributed by atoms with Crippen molar-refractivity contribution in [1.82, 2.24) is 0 Å². The molecular weight excluding hydrogens is 192 g/mol. The quantitative estimate of drug-likeness (QED) is 0.612. The molecule has 0 aromatic heterocycles. The van der Waals surface area contributed by atoms with Gasteiger partial charge in [0.15, 0.2) is 0 Å². The third-order valence-corrected chi connectivity index (χ3v) is 2.19. The summed E-state index contributed by atoms with van der Waals surface area (Å²) in [6.45, 7) is 8.74. The molecule has 0 rings (SSSR count). The van der Waals surface area contributed by atoms with Gasteiger partial charge in [-0.05, 0) is 6.42 Å². The van der Waals surface area contributed by atoms with Gasteiger partial charge in [-0.3, -0.25) is 0 Å². The van der Waals surface area contributed by atoms with Crippen LogP contribution in [0.4, 0.5) is 0 Å². The van der Waals surface area contributed by atoms with Crippen molar-refractivity contribution in [2.24, 2.45) is 0 Å². The number of rotatable bonds is 2. The van der Waals surface area contributed by atoms with Gasteiger partial charge in [-0.15, -0.1) is 0 Å². The van der Waals surface area contributed by atoms with Crippen LogP contribution in [0.25, 0.3) is 0 Å². The van der Waals surface area contributed by atoms with Gasteiger partial charge in [-0.25, -0.2) is 0 Å². The van der Waals surface area contributed by atoms with Crippen LogP contribution in [0.5, 0.6) is 0 Å². The zero-order valence-electron chi connectivity index (χ0n) is 7.31. The SMILES string of the molecule is [2H]C(CC)[P+](C)(C)C.[Y]. The van der Waals surface area contributed by atoms with Gasteiger partial charge in [0.25, 0.3) is 0 Å². The molecular formula is C6H16PY+. The average Bonchev–Trinajstić information content (AvgIpc) is 1.62. The predicted octanol–water partition coefficient (Wildman–Crippen LogP) is 2.30. The van der Waals surface area contributed by atoms with Gasteiger partial charge in [0.05, 0.1) is 7.51 Å². The summed E-state index contributed by atoms with van der Waals surface area (Å²) in [4.78, 5) is 0. The molecule has 0 spiro atoms. The molecule has 1 radical (unpaired) electrons. The summed E-state index contributed by atoms with van der Waals surface area (Å²) in [7, 11) is -0.840. The van der Waals surface area contributed by atoms with E-state index in [2.05, 4.69) is 26.9 Å². The minimum atomic E-state index is -0.840. The molecule has 0 saturated heterocycles. The Morgan fingerprint density at radius 3 is 1.75 bits per heavy atom. The van der Waals surface area contributed by atoms with Crippen LogP contribution in [0, 0.1) is 0 Å². The summed E-state index contributed by atoms with van der Waals surface area (Å²) in [5.74, 6) is 0. The standard InChI is InChI=1S/C6H16P.Y/c1-5-6-7(2,3)4;/h5-6H2,1-4H3;/q+1;/i6D;. The van der Waals surface area contributed by atoms with Crippen molar-refractivity contribution in [2.45, 2.75) is 13.3 Å². The van der Waals surface area contributed by atoms with Crippen molar-refractivity contribution in [3.8, 4) is 0 Å². The molecule has 0 aliphatic heterocycles. The maximum atomic E-state index is 7.52. The number of hydrogen-bond acceptors (Lipinski definition) is 0. The maximum absolute atomic E-state index is 7.52. The minimum Gasteiger partial charge on any atom is -0.0619 e. The van der Waals surface area contributed by atoms with E-state index in [0.29, 0.717) is 0 Å². The monoisotopic (exact) mass is 209 g/mol. The Hall–Kier alpha value is 1.53. The molecule has 0 saturated carbocycles. The first-order chi connectivity index (χ1) is 3.48. The van der Waals surface area contributed by atoms with E-state index in [1.165, 1.54) is 0 Å². The van der Waals surface area contributed by atoms with E-state index < -0.39 is 7.26 Å². The second kappa shape index (κ2) is 5.33. The average molecular weight is 209 g/mol. The van der Waals surface area contributed by atoms with Crippen LogP contribution in [0.3, 0.4) is 0 Å². The van der Waals surface area contributed by atoms with E-state index >= 15 is 0 Å². The zero-order chi connectivity index (χ0) is 6.78. The normalized spacial score (nSPS) is 16.2. The van der Waals surface area contributed by atoms with Gasteiger partial charge in [0.2, 0.25) is 0 Å². The Labute approximate surface area is 80.4 Å². The molecule has 0 aromatic carbocycles. The van der Waals surface area contributed by atoms with E-state index in [-0.39, 0.29) is 38.8 Å². The summed E-state index contributed by atoms with van der Waals surface area (Å²) < 4.78 is 7.52. The van der Waals surface area contributed by atoms with Crippen molar-refractivity contribution < 1.29 is 34.1 Å². The Morgan fingerprint density at radius 2 is 1.75 bits per heavy atom. The fourth-order valence-corrected chi connectivity index (χ4v) is 1.64. The Bertz CT molecular complexity index is 69.9. The molecule has 1 unspecified atom stereocenters. The van der Waals surface area contributed by atoms with E-state index in [0.717, 1.165) is 6.42 Å². The first-order valence-corrected chi connectivity index (χ1v) is 5.91. The summed E-state index contributed by atoms with van der Waals surface area (Å²) in [5, 5.41) is 0. The van der Waals surface area contributed by atoms with Crippen molar-refractivity contribution in [2.75, 3.05) is 26.1 Å². The topological polar surface area (TPSA) is 0 Å². The van der Waals surface area contributed by atoms with Crippen LogP contribution < -0.4 is 0 Å². The van der Waals surface area contributed by atoms with Crippen molar-refractivity contribution in [3.05, 3.63) is 0 Å². The summed E-state index contributed by atoms with van der Waals surface area (Å²) in [5.41, 5.74) is 0. The molecule has 0 bridgehead atoms. The van der Waals surface area contributed by atoms with Crippen LogP contribution in [-0.2, 0) is 32.7 Å². The summed E-state index contributed by atoms with van der Waals surface area (Å²) in [6, 6.07) is 0. The van der Waals surface area contributed by atoms with Crippen LogP contribution >= 0.6 is 7.26 Å². The van der Waals surface area contributed by atoms with Gasteiger partial charge < -0.3 is 0 Å². The van der Waals surface area contributed by atoms with Crippen molar-refractivity contribution in [3.63, 3.8) is 0 Å². The van der Waals surface area contributed by atoms with E-state index in [1.54, 1.807) is 0 Å². The largest absolute Gasteiger partial charge is 0.0708 e. The van der Waals surface area contributed by atoms with Crippen LogP contribution in [0.2, 0.25) is 0 Å². The molecule has 0 aliphatic carbocycles. The third kappa shape index (κ3) is 10.5. The molecule has 0 fully saturated rings. The Kier molecular flexibility index (Phi) is 6.35. The predicted molar refractivity (Wildman–Crippen MR) is 39.9 cm³/mol. The molecule has 8 heavy (non-hydrogen) atoms. The molecule has 1 atom stereocenters. The van der Waals surface area contributed by atoms with E-state index in [1.807, 2.05) is 0 Å². The van der Waals surface area contributed by atoms with Crippen molar-refractivity contribution >= 4 is 7.26 Å². The summed E-state index contributed by atoms with van der Waals surface area (Å²) >= 11 is 0. The van der Waals surface area contributed by atoms with Crippen LogP contribution in [0.15, 0.2) is 0 Å². The fourth-order valence-electron chi connectivity index (χ4n) is 0.548. The molecule has 0 heterocycles. The van der Waals surface area contributed by atoms with E-state index in [9.17, 15) is 0 Å². The molecule has 0 aromatic rings. The smallest absolute Gasteiger partial charge is 0.0619 e. The van der Waals surface area contributed by atoms with Gasteiger partial charge in [-0.2, -0.15) is 0 Å². The maximum Gasteiger partial charge on any atom is 0.0708 e. The first-order valence-electron chi connectivity index (χ1n) is 3.29. The molecule has 47 valence electrons. The van der Waals surface area contributed by atoms with Crippen molar-refractivity contribution in [1.29, 1.82) is 0 Å². The van der Waals surface area contributed by atoms with Gasteiger partial charge in [-0.1, -0.05) is 6.92 Å². The summed E-state index contributed by atoms with van der Waals surface area (Å²) in [6.07, 6.45) is 1.22. The second-order valence-corrected chi connectivity index (χ2v) is 7.30. The Balaban J connectivity index is 0. The molecule has 0 aliphatic rings. The Morgan fingerprint density at radius 1 is 1.38 bits per heavy atom. The molecule has 0 amide bonds. The van der Waals surface area contributed by atoms with Crippen LogP contribution in [-0.4, -0.2) is 26.1 Å². The molecule has 0 N–H and O–H groups in total.